The standard InChI is InChI=1S/C15H16ClF3N6O2/c1-8-6-14(27,15(17,18)19)25(20-8)13(26)11-4-5-23(22-11)7-24-10(3)12(16)9(2)21-24/h4-5,27H,6-7H2,1-3H3/t14-/m1/s1. The number of halogens is 4. The third-order valence-corrected chi connectivity index (χ3v) is 4.75. The molecule has 1 aliphatic rings. The molecule has 27 heavy (non-hydrogen) atoms. The molecular formula is C15H16ClF3N6O2. The van der Waals surface area contributed by atoms with Crippen LogP contribution in [-0.2, 0) is 6.67 Å². The third-order valence-electron chi connectivity index (χ3n) is 4.20. The van der Waals surface area contributed by atoms with Crippen LogP contribution in [0.2, 0.25) is 5.02 Å². The summed E-state index contributed by atoms with van der Waals surface area (Å²) in [5.41, 5.74) is -2.39. The van der Waals surface area contributed by atoms with Gasteiger partial charge >= 0.3 is 6.18 Å². The van der Waals surface area contributed by atoms with Crippen LogP contribution in [0.3, 0.4) is 0 Å². The van der Waals surface area contributed by atoms with Crippen LogP contribution in [0.4, 0.5) is 13.2 Å². The van der Waals surface area contributed by atoms with Crippen LogP contribution in [0.15, 0.2) is 17.4 Å². The highest BCUT2D eigenvalue weighted by molar-refractivity contribution is 6.31. The van der Waals surface area contributed by atoms with Crippen molar-refractivity contribution >= 4 is 23.2 Å². The lowest BCUT2D eigenvalue weighted by molar-refractivity contribution is -0.297. The first-order chi connectivity index (χ1) is 12.4. The summed E-state index contributed by atoms with van der Waals surface area (Å²) < 4.78 is 42.6. The minimum Gasteiger partial charge on any atom is -0.362 e. The first kappa shape index (κ1) is 19.4. The monoisotopic (exact) mass is 404 g/mol. The van der Waals surface area contributed by atoms with E-state index in [0.717, 1.165) is 0 Å². The van der Waals surface area contributed by atoms with E-state index in [4.69, 9.17) is 11.6 Å². The Morgan fingerprint density at radius 1 is 1.33 bits per heavy atom. The number of aromatic nitrogens is 4. The van der Waals surface area contributed by atoms with E-state index in [1.54, 1.807) is 18.5 Å². The van der Waals surface area contributed by atoms with Gasteiger partial charge in [0.2, 0.25) is 0 Å². The molecule has 1 atom stereocenters. The van der Waals surface area contributed by atoms with Crippen LogP contribution in [0.25, 0.3) is 0 Å². The Bertz CT molecular complexity index is 935. The molecule has 0 radical (unpaired) electrons. The van der Waals surface area contributed by atoms with Gasteiger partial charge in [0.1, 0.15) is 6.67 Å². The van der Waals surface area contributed by atoms with E-state index in [1.165, 1.54) is 23.9 Å². The van der Waals surface area contributed by atoms with Gasteiger partial charge in [-0.25, -0.2) is 4.68 Å². The summed E-state index contributed by atoms with van der Waals surface area (Å²) in [5.74, 6) is -1.16. The van der Waals surface area contributed by atoms with E-state index in [0.29, 0.717) is 16.4 Å². The van der Waals surface area contributed by atoms with Crippen LogP contribution in [0.5, 0.6) is 0 Å². The van der Waals surface area contributed by atoms with E-state index >= 15 is 0 Å². The van der Waals surface area contributed by atoms with Gasteiger partial charge in [-0.3, -0.25) is 9.48 Å². The highest BCUT2D eigenvalue weighted by Crippen LogP contribution is 2.40. The van der Waals surface area contributed by atoms with Crippen molar-refractivity contribution in [1.29, 1.82) is 0 Å². The molecule has 1 N–H and O–H groups in total. The van der Waals surface area contributed by atoms with Gasteiger partial charge in [0.25, 0.3) is 11.6 Å². The molecular weight excluding hydrogens is 389 g/mol. The Morgan fingerprint density at radius 3 is 2.56 bits per heavy atom. The molecule has 1 aliphatic heterocycles. The summed E-state index contributed by atoms with van der Waals surface area (Å²) >= 11 is 6.07. The lowest BCUT2D eigenvalue weighted by Crippen LogP contribution is -2.56. The second kappa shape index (κ2) is 6.34. The quantitative estimate of drug-likeness (QED) is 0.850. The van der Waals surface area contributed by atoms with Gasteiger partial charge in [0.15, 0.2) is 5.69 Å². The van der Waals surface area contributed by atoms with Gasteiger partial charge in [-0.1, -0.05) is 11.6 Å². The van der Waals surface area contributed by atoms with Crippen molar-refractivity contribution in [3.8, 4) is 0 Å². The number of nitrogens with zero attached hydrogens (tertiary/aromatic N) is 6. The number of amides is 1. The van der Waals surface area contributed by atoms with Crippen molar-refractivity contribution in [3.63, 3.8) is 0 Å². The van der Waals surface area contributed by atoms with Crippen molar-refractivity contribution in [2.24, 2.45) is 5.10 Å². The maximum absolute atomic E-state index is 13.3. The second-order valence-corrected chi connectivity index (χ2v) is 6.69. The molecule has 0 spiro atoms. The zero-order valence-electron chi connectivity index (χ0n) is 14.6. The highest BCUT2D eigenvalue weighted by atomic mass is 35.5. The van der Waals surface area contributed by atoms with Gasteiger partial charge in [-0.05, 0) is 26.8 Å². The van der Waals surface area contributed by atoms with Gasteiger partial charge in [0.05, 0.1) is 16.4 Å². The summed E-state index contributed by atoms with van der Waals surface area (Å²) in [7, 11) is 0. The molecule has 0 bridgehead atoms. The zero-order valence-corrected chi connectivity index (χ0v) is 15.4. The van der Waals surface area contributed by atoms with Gasteiger partial charge in [0, 0.05) is 18.3 Å². The van der Waals surface area contributed by atoms with E-state index in [-0.39, 0.29) is 23.1 Å². The molecule has 12 heteroatoms. The third kappa shape index (κ3) is 3.21. The first-order valence-corrected chi connectivity index (χ1v) is 8.22. The van der Waals surface area contributed by atoms with Crippen molar-refractivity contribution in [3.05, 3.63) is 34.4 Å². The molecule has 0 fully saturated rings. The molecule has 8 nitrogen and oxygen atoms in total. The lowest BCUT2D eigenvalue weighted by Gasteiger charge is -2.32. The average molecular weight is 405 g/mol. The number of alkyl halides is 3. The maximum atomic E-state index is 13.3. The Hall–Kier alpha value is -2.40. The molecule has 146 valence electrons. The van der Waals surface area contributed by atoms with Gasteiger partial charge < -0.3 is 5.11 Å². The van der Waals surface area contributed by atoms with E-state index in [2.05, 4.69) is 15.3 Å². The molecule has 0 saturated carbocycles. The van der Waals surface area contributed by atoms with Crippen molar-refractivity contribution in [1.82, 2.24) is 24.6 Å². The van der Waals surface area contributed by atoms with Crippen molar-refractivity contribution < 1.29 is 23.1 Å². The smallest absolute Gasteiger partial charge is 0.362 e. The van der Waals surface area contributed by atoms with Crippen LogP contribution >= 0.6 is 11.6 Å². The van der Waals surface area contributed by atoms with Crippen molar-refractivity contribution in [2.45, 2.75) is 45.8 Å². The molecule has 2 aromatic heterocycles. The molecule has 0 aromatic carbocycles. The number of hydrogen-bond donors (Lipinski definition) is 1. The number of carbonyl (C=O) groups excluding carboxylic acids is 1. The van der Waals surface area contributed by atoms with Crippen LogP contribution < -0.4 is 0 Å². The van der Waals surface area contributed by atoms with E-state index in [9.17, 15) is 23.1 Å². The van der Waals surface area contributed by atoms with Crippen LogP contribution in [-0.4, -0.2) is 53.2 Å². The summed E-state index contributed by atoms with van der Waals surface area (Å²) in [6.45, 7) is 4.90. The fourth-order valence-electron chi connectivity index (χ4n) is 2.77. The predicted octanol–water partition coefficient (Wildman–Crippen LogP) is 2.33. The number of hydrazone groups is 1. The Kier molecular flexibility index (Phi) is 4.55. The molecule has 0 saturated heterocycles. The van der Waals surface area contributed by atoms with Crippen molar-refractivity contribution in [2.75, 3.05) is 0 Å². The minimum absolute atomic E-state index is 0.0140. The van der Waals surface area contributed by atoms with Crippen LogP contribution in [0.1, 0.15) is 35.2 Å². The van der Waals surface area contributed by atoms with E-state index < -0.39 is 24.2 Å². The lowest BCUT2D eigenvalue weighted by atomic mass is 10.1. The van der Waals surface area contributed by atoms with Crippen LogP contribution in [0, 0.1) is 13.8 Å². The Labute approximate surface area is 156 Å². The van der Waals surface area contributed by atoms with Gasteiger partial charge in [-0.2, -0.15) is 33.5 Å². The molecule has 1 amide bonds. The minimum atomic E-state index is -5.06. The molecule has 2 aromatic rings. The number of rotatable bonds is 3. The number of aryl methyl sites for hydroxylation is 1. The Morgan fingerprint density at radius 2 is 2.00 bits per heavy atom. The molecule has 0 unspecified atom stereocenters. The number of carbonyl (C=O) groups is 1. The first-order valence-electron chi connectivity index (χ1n) is 7.85. The van der Waals surface area contributed by atoms with E-state index in [1.807, 2.05) is 0 Å². The number of hydrogen-bond acceptors (Lipinski definition) is 5. The molecule has 0 aliphatic carbocycles. The average Bonchev–Trinajstić information content (AvgIpc) is 3.21. The summed E-state index contributed by atoms with van der Waals surface area (Å²) in [6.07, 6.45) is -4.46. The summed E-state index contributed by atoms with van der Waals surface area (Å²) in [4.78, 5) is 12.5. The molecule has 3 rings (SSSR count). The Balaban J connectivity index is 1.85. The fraction of sp³-hybridized carbons (Fsp3) is 0.467. The zero-order chi connectivity index (χ0) is 20.1. The SMILES string of the molecule is CC1=NN(C(=O)c2ccn(Cn3nc(C)c(Cl)c3C)n2)[C@](O)(C(F)(F)F)C1. The topological polar surface area (TPSA) is 88.5 Å². The van der Waals surface area contributed by atoms with Gasteiger partial charge in [-0.15, -0.1) is 0 Å². The second-order valence-electron chi connectivity index (χ2n) is 6.31. The highest BCUT2D eigenvalue weighted by Gasteiger charge is 2.63. The maximum Gasteiger partial charge on any atom is 0.438 e. The fourth-order valence-corrected chi connectivity index (χ4v) is 2.90. The largest absolute Gasteiger partial charge is 0.438 e. The normalized spacial score (nSPS) is 20.3. The predicted molar refractivity (Wildman–Crippen MR) is 89.2 cm³/mol. The summed E-state index contributed by atoms with van der Waals surface area (Å²) in [6, 6.07) is 1.25. The summed E-state index contributed by atoms with van der Waals surface area (Å²) in [5, 5.41) is 22.3. The number of aliphatic hydroxyl groups is 1. The molecule has 3 heterocycles.